The minimum atomic E-state index is 0.0885. The summed E-state index contributed by atoms with van der Waals surface area (Å²) in [5.41, 5.74) is 3.47. The smallest absolute Gasteiger partial charge is 0.224 e. The molecular formula is C17H19ClN2OS. The molecule has 0 fully saturated rings. The number of hydrogen-bond acceptors (Lipinski definition) is 3. The Kier molecular flexibility index (Phi) is 4.69. The SMILES string of the molecule is CCCC(=O)Nc1ccc2c(c1)CCN2Cc1ccc(Cl)s1. The van der Waals surface area contributed by atoms with Gasteiger partial charge in [0.25, 0.3) is 0 Å². The van der Waals surface area contributed by atoms with Crippen LogP contribution in [0.3, 0.4) is 0 Å². The van der Waals surface area contributed by atoms with Gasteiger partial charge >= 0.3 is 0 Å². The van der Waals surface area contributed by atoms with Crippen LogP contribution in [-0.2, 0) is 17.8 Å². The number of anilines is 2. The first-order valence-corrected chi connectivity index (χ1v) is 8.77. The van der Waals surface area contributed by atoms with E-state index in [4.69, 9.17) is 11.6 Å². The number of carbonyl (C=O) groups excluding carboxylic acids is 1. The van der Waals surface area contributed by atoms with E-state index >= 15 is 0 Å². The molecule has 2 heterocycles. The molecule has 0 radical (unpaired) electrons. The summed E-state index contributed by atoms with van der Waals surface area (Å²) in [6, 6.07) is 10.2. The number of benzene rings is 1. The summed E-state index contributed by atoms with van der Waals surface area (Å²) in [4.78, 5) is 15.3. The maximum absolute atomic E-state index is 11.7. The summed E-state index contributed by atoms with van der Waals surface area (Å²) in [7, 11) is 0. The van der Waals surface area contributed by atoms with Crippen molar-refractivity contribution in [1.29, 1.82) is 0 Å². The molecule has 0 spiro atoms. The van der Waals surface area contributed by atoms with Gasteiger partial charge in [-0.3, -0.25) is 4.79 Å². The summed E-state index contributed by atoms with van der Waals surface area (Å²) >= 11 is 7.63. The molecule has 0 unspecified atom stereocenters. The Labute approximate surface area is 139 Å². The van der Waals surface area contributed by atoms with Gasteiger partial charge in [-0.05, 0) is 48.7 Å². The highest BCUT2D eigenvalue weighted by atomic mass is 35.5. The Morgan fingerprint density at radius 2 is 2.23 bits per heavy atom. The van der Waals surface area contributed by atoms with Crippen molar-refractivity contribution < 1.29 is 4.79 Å². The normalized spacial score (nSPS) is 13.3. The second-order valence-electron chi connectivity index (χ2n) is 5.52. The van der Waals surface area contributed by atoms with Crippen molar-refractivity contribution in [1.82, 2.24) is 0 Å². The Bertz CT molecular complexity index is 683. The van der Waals surface area contributed by atoms with E-state index in [-0.39, 0.29) is 5.91 Å². The first kappa shape index (κ1) is 15.4. The van der Waals surface area contributed by atoms with E-state index < -0.39 is 0 Å². The van der Waals surface area contributed by atoms with Crippen molar-refractivity contribution in [2.75, 3.05) is 16.8 Å². The Hall–Kier alpha value is -1.52. The lowest BCUT2D eigenvalue weighted by Gasteiger charge is -2.18. The molecule has 0 atom stereocenters. The number of nitrogens with zero attached hydrogens (tertiary/aromatic N) is 1. The Balaban J connectivity index is 1.71. The van der Waals surface area contributed by atoms with Crippen LogP contribution < -0.4 is 10.2 Å². The monoisotopic (exact) mass is 334 g/mol. The van der Waals surface area contributed by atoms with E-state index in [9.17, 15) is 4.79 Å². The molecule has 0 aliphatic carbocycles. The van der Waals surface area contributed by atoms with Gasteiger partial charge in [-0.2, -0.15) is 0 Å². The molecule has 1 aliphatic heterocycles. The van der Waals surface area contributed by atoms with Gasteiger partial charge in [-0.15, -0.1) is 11.3 Å². The summed E-state index contributed by atoms with van der Waals surface area (Å²) in [5.74, 6) is 0.0885. The average molecular weight is 335 g/mol. The van der Waals surface area contributed by atoms with Crippen LogP contribution in [0.1, 0.15) is 30.2 Å². The number of hydrogen-bond donors (Lipinski definition) is 1. The molecule has 1 amide bonds. The zero-order chi connectivity index (χ0) is 15.5. The van der Waals surface area contributed by atoms with Crippen molar-refractivity contribution in [3.05, 3.63) is 45.1 Å². The highest BCUT2D eigenvalue weighted by Crippen LogP contribution is 2.33. The minimum absolute atomic E-state index is 0.0885. The molecule has 1 aromatic heterocycles. The molecule has 0 bridgehead atoms. The first-order chi connectivity index (χ1) is 10.7. The fourth-order valence-corrected chi connectivity index (χ4v) is 3.89. The standard InChI is InChI=1S/C17H19ClN2OS/c1-2-3-17(21)19-13-4-6-15-12(10-13)8-9-20(15)11-14-5-7-16(18)22-14/h4-7,10H,2-3,8-9,11H2,1H3,(H,19,21). The van der Waals surface area contributed by atoms with Crippen molar-refractivity contribution in [3.63, 3.8) is 0 Å². The summed E-state index contributed by atoms with van der Waals surface area (Å²) in [5, 5.41) is 2.97. The van der Waals surface area contributed by atoms with Gasteiger partial charge in [0.15, 0.2) is 0 Å². The van der Waals surface area contributed by atoms with Crippen LogP contribution in [0.4, 0.5) is 11.4 Å². The number of rotatable bonds is 5. The molecule has 3 rings (SSSR count). The number of amides is 1. The van der Waals surface area contributed by atoms with E-state index in [1.165, 1.54) is 16.1 Å². The number of nitrogens with one attached hydrogen (secondary N) is 1. The van der Waals surface area contributed by atoms with Crippen LogP contribution in [0.15, 0.2) is 30.3 Å². The number of carbonyl (C=O) groups is 1. The zero-order valence-corrected chi connectivity index (χ0v) is 14.1. The molecule has 0 saturated heterocycles. The minimum Gasteiger partial charge on any atom is -0.366 e. The average Bonchev–Trinajstić information content (AvgIpc) is 3.06. The van der Waals surface area contributed by atoms with Gasteiger partial charge in [0.1, 0.15) is 0 Å². The fraction of sp³-hybridized carbons (Fsp3) is 0.353. The van der Waals surface area contributed by atoms with E-state index in [0.717, 1.165) is 36.0 Å². The maximum Gasteiger partial charge on any atom is 0.224 e. The molecule has 5 heteroatoms. The molecule has 0 saturated carbocycles. The van der Waals surface area contributed by atoms with E-state index in [0.29, 0.717) is 6.42 Å². The third-order valence-electron chi connectivity index (χ3n) is 3.81. The summed E-state index contributed by atoms with van der Waals surface area (Å²) < 4.78 is 0.836. The van der Waals surface area contributed by atoms with E-state index in [1.807, 2.05) is 19.1 Å². The molecular weight excluding hydrogens is 316 g/mol. The van der Waals surface area contributed by atoms with Gasteiger partial charge in [-0.1, -0.05) is 18.5 Å². The van der Waals surface area contributed by atoms with Crippen molar-refractivity contribution in [2.24, 2.45) is 0 Å². The summed E-state index contributed by atoms with van der Waals surface area (Å²) in [6.45, 7) is 3.92. The third kappa shape index (κ3) is 3.45. The summed E-state index contributed by atoms with van der Waals surface area (Å²) in [6.07, 6.45) is 2.46. The second kappa shape index (κ2) is 6.71. The van der Waals surface area contributed by atoms with E-state index in [1.54, 1.807) is 11.3 Å². The lowest BCUT2D eigenvalue weighted by molar-refractivity contribution is -0.116. The zero-order valence-electron chi connectivity index (χ0n) is 12.6. The van der Waals surface area contributed by atoms with Crippen LogP contribution >= 0.6 is 22.9 Å². The predicted molar refractivity (Wildman–Crippen MR) is 94.1 cm³/mol. The number of fused-ring (bicyclic) bond motifs is 1. The largest absolute Gasteiger partial charge is 0.366 e. The molecule has 1 N–H and O–H groups in total. The molecule has 1 aromatic carbocycles. The highest BCUT2D eigenvalue weighted by Gasteiger charge is 2.20. The molecule has 116 valence electrons. The topological polar surface area (TPSA) is 32.3 Å². The van der Waals surface area contributed by atoms with E-state index in [2.05, 4.69) is 28.4 Å². The molecule has 1 aliphatic rings. The quantitative estimate of drug-likeness (QED) is 0.859. The lowest BCUT2D eigenvalue weighted by Crippen LogP contribution is -2.18. The molecule has 3 nitrogen and oxygen atoms in total. The first-order valence-electron chi connectivity index (χ1n) is 7.57. The van der Waals surface area contributed by atoms with Gasteiger partial charge in [0.2, 0.25) is 5.91 Å². The van der Waals surface area contributed by atoms with Gasteiger partial charge in [-0.25, -0.2) is 0 Å². The van der Waals surface area contributed by atoms with Gasteiger partial charge in [0, 0.05) is 29.2 Å². The Morgan fingerprint density at radius 3 is 2.95 bits per heavy atom. The lowest BCUT2D eigenvalue weighted by atomic mass is 10.1. The van der Waals surface area contributed by atoms with Crippen LogP contribution in [0.5, 0.6) is 0 Å². The second-order valence-corrected chi connectivity index (χ2v) is 7.32. The van der Waals surface area contributed by atoms with Crippen LogP contribution in [-0.4, -0.2) is 12.5 Å². The van der Waals surface area contributed by atoms with Crippen LogP contribution in [0.2, 0.25) is 4.34 Å². The Morgan fingerprint density at radius 1 is 1.36 bits per heavy atom. The fourth-order valence-electron chi connectivity index (χ4n) is 2.79. The predicted octanol–water partition coefficient (Wildman–Crippen LogP) is 4.70. The highest BCUT2D eigenvalue weighted by molar-refractivity contribution is 7.16. The number of halogens is 1. The maximum atomic E-state index is 11.7. The van der Waals surface area contributed by atoms with Crippen molar-refractivity contribution >= 4 is 40.2 Å². The number of thiophene rings is 1. The molecule has 22 heavy (non-hydrogen) atoms. The van der Waals surface area contributed by atoms with Gasteiger partial charge < -0.3 is 10.2 Å². The van der Waals surface area contributed by atoms with Crippen LogP contribution in [0, 0.1) is 0 Å². The third-order valence-corrected chi connectivity index (χ3v) is 5.02. The van der Waals surface area contributed by atoms with Crippen molar-refractivity contribution in [2.45, 2.75) is 32.7 Å². The van der Waals surface area contributed by atoms with Gasteiger partial charge in [0.05, 0.1) is 10.9 Å². The van der Waals surface area contributed by atoms with Crippen LogP contribution in [0.25, 0.3) is 0 Å². The molecule has 2 aromatic rings. The van der Waals surface area contributed by atoms with Crippen molar-refractivity contribution in [3.8, 4) is 0 Å².